The number of para-hydroxylation sites is 2. The van der Waals surface area contributed by atoms with Crippen LogP contribution in [-0.4, -0.2) is 35.0 Å². The molecule has 4 saturated carbocycles. The quantitative estimate of drug-likeness (QED) is 0.427. The van der Waals surface area contributed by atoms with Gasteiger partial charge in [-0.1, -0.05) is 12.1 Å². The van der Waals surface area contributed by atoms with E-state index in [1.54, 1.807) is 13.0 Å². The van der Waals surface area contributed by atoms with Crippen LogP contribution < -0.4 is 10.1 Å². The second kappa shape index (κ2) is 7.65. The van der Waals surface area contributed by atoms with Crippen LogP contribution in [0, 0.1) is 27.9 Å². The number of ether oxygens (including phenoxy) is 2. The molecule has 4 aliphatic rings. The van der Waals surface area contributed by atoms with Gasteiger partial charge in [0.25, 0.3) is 5.91 Å². The molecule has 156 valence electrons. The lowest BCUT2D eigenvalue weighted by atomic mass is 9.53. The minimum Gasteiger partial charge on any atom is -0.475 e. The molecule has 5 rings (SSSR count). The van der Waals surface area contributed by atoms with Crippen molar-refractivity contribution in [3.8, 4) is 5.75 Å². The summed E-state index contributed by atoms with van der Waals surface area (Å²) in [6, 6.07) is 5.80. The van der Waals surface area contributed by atoms with Gasteiger partial charge in [0.05, 0.1) is 4.92 Å². The second-order valence-corrected chi connectivity index (χ2v) is 8.83. The van der Waals surface area contributed by atoms with Crippen molar-refractivity contribution in [3.63, 3.8) is 0 Å². The van der Waals surface area contributed by atoms with Gasteiger partial charge in [0.2, 0.25) is 0 Å². The lowest BCUT2D eigenvalue weighted by molar-refractivity contribution is -0.385. The molecule has 0 aromatic heterocycles. The monoisotopic (exact) mass is 402 g/mol. The van der Waals surface area contributed by atoms with E-state index in [-0.39, 0.29) is 22.9 Å². The Hall–Kier alpha value is -2.64. The van der Waals surface area contributed by atoms with E-state index in [4.69, 9.17) is 9.47 Å². The highest BCUT2D eigenvalue weighted by Gasteiger charge is 2.51. The van der Waals surface area contributed by atoms with Gasteiger partial charge in [0.1, 0.15) is 0 Å². The zero-order valence-corrected chi connectivity index (χ0v) is 16.5. The van der Waals surface area contributed by atoms with Crippen LogP contribution in [0.15, 0.2) is 24.3 Å². The van der Waals surface area contributed by atoms with Gasteiger partial charge in [0, 0.05) is 11.6 Å². The summed E-state index contributed by atoms with van der Waals surface area (Å²) in [5.74, 6) is 1.07. The summed E-state index contributed by atoms with van der Waals surface area (Å²) in [7, 11) is 0. The minimum absolute atomic E-state index is 0.0138. The maximum absolute atomic E-state index is 12.7. The number of carbonyl (C=O) groups excluding carboxylic acids is 2. The lowest BCUT2D eigenvalue weighted by Gasteiger charge is -2.57. The Bertz CT molecular complexity index is 788. The first-order valence-electron chi connectivity index (χ1n) is 10.2. The third-order valence-corrected chi connectivity index (χ3v) is 6.51. The van der Waals surface area contributed by atoms with Crippen LogP contribution in [0.3, 0.4) is 0 Å². The molecule has 0 unspecified atom stereocenters. The molecule has 4 bridgehead atoms. The smallest absolute Gasteiger partial charge is 0.344 e. The highest BCUT2D eigenvalue weighted by Crippen LogP contribution is 2.55. The topological polar surface area (TPSA) is 108 Å². The summed E-state index contributed by atoms with van der Waals surface area (Å²) in [4.78, 5) is 35.2. The molecule has 1 aromatic rings. The predicted octanol–water partition coefficient (Wildman–Crippen LogP) is 2.99. The molecule has 8 nitrogen and oxygen atoms in total. The SMILES string of the molecule is C[C@@H](OC(=O)COc1ccccc1[N+](=O)[O-])C(=O)NC12CC3CC(CC(C3)C1)C2. The largest absolute Gasteiger partial charge is 0.475 e. The van der Waals surface area contributed by atoms with E-state index in [1.807, 2.05) is 0 Å². The fraction of sp³-hybridized carbons (Fsp3) is 0.619. The zero-order chi connectivity index (χ0) is 20.6. The standard InChI is InChI=1S/C21H26N2O6/c1-13(29-19(24)12-28-18-5-3-2-4-17(18)23(26)27)20(25)22-21-9-14-6-15(10-21)8-16(7-14)11-21/h2-5,13-16H,6-12H2,1H3,(H,22,25)/t13-,14?,15?,16?,21?/m1/s1. The Morgan fingerprint density at radius 2 is 1.76 bits per heavy atom. The molecular formula is C21H26N2O6. The number of nitro groups is 1. The number of amides is 1. The first-order valence-corrected chi connectivity index (χ1v) is 10.2. The van der Waals surface area contributed by atoms with Gasteiger partial charge in [-0.3, -0.25) is 14.9 Å². The van der Waals surface area contributed by atoms with Crippen molar-refractivity contribution in [3.05, 3.63) is 34.4 Å². The lowest BCUT2D eigenvalue weighted by Crippen LogP contribution is -2.61. The molecule has 0 heterocycles. The molecule has 1 N–H and O–H groups in total. The average Bonchev–Trinajstić information content (AvgIpc) is 2.65. The summed E-state index contributed by atoms with van der Waals surface area (Å²) >= 11 is 0. The summed E-state index contributed by atoms with van der Waals surface area (Å²) in [5.41, 5.74) is -0.374. The molecule has 1 amide bonds. The van der Waals surface area contributed by atoms with Crippen molar-refractivity contribution in [1.29, 1.82) is 0 Å². The van der Waals surface area contributed by atoms with Gasteiger partial charge in [-0.2, -0.15) is 0 Å². The van der Waals surface area contributed by atoms with E-state index in [9.17, 15) is 19.7 Å². The fourth-order valence-corrected chi connectivity index (χ4v) is 5.78. The molecule has 8 heteroatoms. The Morgan fingerprint density at radius 1 is 1.17 bits per heavy atom. The van der Waals surface area contributed by atoms with Gasteiger partial charge in [0.15, 0.2) is 18.5 Å². The molecule has 0 saturated heterocycles. The zero-order valence-electron chi connectivity index (χ0n) is 16.5. The molecule has 4 aliphatic carbocycles. The third kappa shape index (κ3) is 4.21. The number of nitro benzene ring substituents is 1. The third-order valence-electron chi connectivity index (χ3n) is 6.51. The molecule has 1 atom stereocenters. The van der Waals surface area contributed by atoms with E-state index >= 15 is 0 Å². The van der Waals surface area contributed by atoms with Crippen molar-refractivity contribution in [2.24, 2.45) is 17.8 Å². The first-order chi connectivity index (χ1) is 13.8. The van der Waals surface area contributed by atoms with E-state index in [2.05, 4.69) is 5.32 Å². The summed E-state index contributed by atoms with van der Waals surface area (Å²) in [6.45, 7) is 1.04. The van der Waals surface area contributed by atoms with Crippen molar-refractivity contribution in [2.75, 3.05) is 6.61 Å². The maximum Gasteiger partial charge on any atom is 0.344 e. The number of rotatable bonds is 7. The summed E-state index contributed by atoms with van der Waals surface area (Å²) in [5, 5.41) is 14.2. The first kappa shape index (κ1) is 19.7. The predicted molar refractivity (Wildman–Crippen MR) is 103 cm³/mol. The van der Waals surface area contributed by atoms with Crippen LogP contribution in [0.25, 0.3) is 0 Å². The van der Waals surface area contributed by atoms with Crippen LogP contribution >= 0.6 is 0 Å². The Kier molecular flexibility index (Phi) is 5.19. The van der Waals surface area contributed by atoms with Crippen LogP contribution in [0.4, 0.5) is 5.69 Å². The van der Waals surface area contributed by atoms with E-state index in [1.165, 1.54) is 37.5 Å². The molecule has 0 radical (unpaired) electrons. The molecule has 4 fully saturated rings. The number of hydrogen-bond donors (Lipinski definition) is 1. The highest BCUT2D eigenvalue weighted by molar-refractivity contribution is 5.84. The fourth-order valence-electron chi connectivity index (χ4n) is 5.78. The van der Waals surface area contributed by atoms with Crippen molar-refractivity contribution >= 4 is 17.6 Å². The summed E-state index contributed by atoms with van der Waals surface area (Å²) < 4.78 is 10.4. The van der Waals surface area contributed by atoms with E-state index in [0.717, 1.165) is 19.3 Å². The number of hydrogen-bond acceptors (Lipinski definition) is 6. The Labute approximate surface area is 169 Å². The number of nitrogens with one attached hydrogen (secondary N) is 1. The number of benzene rings is 1. The number of esters is 1. The molecule has 29 heavy (non-hydrogen) atoms. The molecular weight excluding hydrogens is 376 g/mol. The van der Waals surface area contributed by atoms with Gasteiger partial charge in [-0.15, -0.1) is 0 Å². The Morgan fingerprint density at radius 3 is 2.34 bits per heavy atom. The van der Waals surface area contributed by atoms with Crippen LogP contribution in [0.2, 0.25) is 0 Å². The van der Waals surface area contributed by atoms with Gasteiger partial charge < -0.3 is 14.8 Å². The number of carbonyl (C=O) groups is 2. The normalized spacial score (nSPS) is 30.4. The second-order valence-electron chi connectivity index (χ2n) is 8.83. The van der Waals surface area contributed by atoms with E-state index in [0.29, 0.717) is 17.8 Å². The molecule has 0 aliphatic heterocycles. The van der Waals surface area contributed by atoms with Gasteiger partial charge in [-0.25, -0.2) is 4.79 Å². The summed E-state index contributed by atoms with van der Waals surface area (Å²) in [6.07, 6.45) is 5.96. The van der Waals surface area contributed by atoms with Gasteiger partial charge >= 0.3 is 11.7 Å². The van der Waals surface area contributed by atoms with Crippen molar-refractivity contribution in [1.82, 2.24) is 5.32 Å². The van der Waals surface area contributed by atoms with Crippen molar-refractivity contribution < 1.29 is 24.0 Å². The Balaban J connectivity index is 1.29. The van der Waals surface area contributed by atoms with Crippen LogP contribution in [-0.2, 0) is 14.3 Å². The minimum atomic E-state index is -0.940. The van der Waals surface area contributed by atoms with Crippen LogP contribution in [0.1, 0.15) is 45.4 Å². The average molecular weight is 402 g/mol. The van der Waals surface area contributed by atoms with Gasteiger partial charge in [-0.05, 0) is 69.3 Å². The maximum atomic E-state index is 12.7. The van der Waals surface area contributed by atoms with Crippen LogP contribution in [0.5, 0.6) is 5.75 Å². The number of nitrogens with zero attached hydrogens (tertiary/aromatic N) is 1. The molecule has 0 spiro atoms. The highest BCUT2D eigenvalue weighted by atomic mass is 16.6. The van der Waals surface area contributed by atoms with Crippen molar-refractivity contribution in [2.45, 2.75) is 57.1 Å². The van der Waals surface area contributed by atoms with E-state index < -0.39 is 23.6 Å². The molecule has 1 aromatic carbocycles.